The molecule has 2 atom stereocenters. The van der Waals surface area contributed by atoms with Crippen LogP contribution >= 0.6 is 0 Å². The van der Waals surface area contributed by atoms with Crippen LogP contribution in [0.2, 0.25) is 0 Å². The maximum Gasteiger partial charge on any atom is 0.0121 e. The molecule has 1 saturated heterocycles. The van der Waals surface area contributed by atoms with Crippen molar-refractivity contribution < 1.29 is 0 Å². The van der Waals surface area contributed by atoms with Gasteiger partial charge in [-0.05, 0) is 24.8 Å². The summed E-state index contributed by atoms with van der Waals surface area (Å²) in [6.07, 6.45) is 1.41. The average molecular weight is 155 g/mol. The van der Waals surface area contributed by atoms with E-state index in [1.54, 1.807) is 0 Å². The number of nitrogens with zero attached hydrogens (tertiary/aromatic N) is 1. The summed E-state index contributed by atoms with van der Waals surface area (Å²) in [5.41, 5.74) is 0. The van der Waals surface area contributed by atoms with Crippen molar-refractivity contribution in [2.75, 3.05) is 13.1 Å². The largest absolute Gasteiger partial charge is 0.300 e. The Morgan fingerprint density at radius 1 is 1.45 bits per heavy atom. The smallest absolute Gasteiger partial charge is 0.0121 e. The Labute approximate surface area is 70.8 Å². The molecule has 1 unspecified atom stereocenters. The van der Waals surface area contributed by atoms with E-state index in [2.05, 4.69) is 32.6 Å². The zero-order chi connectivity index (χ0) is 8.43. The fourth-order valence-corrected chi connectivity index (χ4v) is 2.23. The quantitative estimate of drug-likeness (QED) is 0.592. The van der Waals surface area contributed by atoms with Crippen LogP contribution in [-0.2, 0) is 0 Å². The van der Waals surface area contributed by atoms with Gasteiger partial charge in [-0.3, -0.25) is 0 Å². The van der Waals surface area contributed by atoms with Crippen molar-refractivity contribution in [1.82, 2.24) is 4.90 Å². The molecule has 66 valence electrons. The minimum absolute atomic E-state index is 0.833. The summed E-state index contributed by atoms with van der Waals surface area (Å²) in [5.74, 6) is 1.75. The molecular formula is C10H21N. The zero-order valence-corrected chi connectivity index (χ0v) is 8.30. The van der Waals surface area contributed by atoms with Gasteiger partial charge in [-0.15, -0.1) is 0 Å². The highest BCUT2D eigenvalue weighted by atomic mass is 15.2. The molecule has 0 N–H and O–H groups in total. The summed E-state index contributed by atoms with van der Waals surface area (Å²) in [7, 11) is 0. The first-order chi connectivity index (χ1) is 5.15. The van der Waals surface area contributed by atoms with E-state index in [0.717, 1.165) is 17.9 Å². The Kier molecular flexibility index (Phi) is 2.94. The van der Waals surface area contributed by atoms with Gasteiger partial charge in [0.25, 0.3) is 0 Å². The molecule has 0 aromatic rings. The molecule has 0 radical (unpaired) electrons. The molecule has 0 aromatic heterocycles. The average Bonchev–Trinajstić information content (AvgIpc) is 2.30. The fraction of sp³-hybridized carbons (Fsp3) is 1.00. The normalized spacial score (nSPS) is 33.5. The fourth-order valence-electron chi connectivity index (χ4n) is 2.23. The van der Waals surface area contributed by atoms with Gasteiger partial charge in [-0.2, -0.15) is 0 Å². The van der Waals surface area contributed by atoms with Crippen LogP contribution in [0.1, 0.15) is 34.1 Å². The molecule has 0 aromatic carbocycles. The van der Waals surface area contributed by atoms with Gasteiger partial charge in [0, 0.05) is 12.6 Å². The van der Waals surface area contributed by atoms with Crippen LogP contribution in [0.25, 0.3) is 0 Å². The van der Waals surface area contributed by atoms with Crippen molar-refractivity contribution in [2.45, 2.75) is 40.2 Å². The van der Waals surface area contributed by atoms with E-state index in [9.17, 15) is 0 Å². The molecule has 1 heterocycles. The first-order valence-corrected chi connectivity index (χ1v) is 4.89. The summed E-state index contributed by atoms with van der Waals surface area (Å²) in [4.78, 5) is 2.62. The van der Waals surface area contributed by atoms with Gasteiger partial charge < -0.3 is 4.90 Å². The third kappa shape index (κ3) is 1.96. The van der Waals surface area contributed by atoms with Crippen molar-refractivity contribution in [1.29, 1.82) is 0 Å². The topological polar surface area (TPSA) is 3.24 Å². The van der Waals surface area contributed by atoms with Gasteiger partial charge >= 0.3 is 0 Å². The molecule has 1 nitrogen and oxygen atoms in total. The van der Waals surface area contributed by atoms with Gasteiger partial charge in [-0.1, -0.05) is 27.7 Å². The Balaban J connectivity index is 2.50. The van der Waals surface area contributed by atoms with E-state index in [0.29, 0.717) is 0 Å². The van der Waals surface area contributed by atoms with Gasteiger partial charge in [0.2, 0.25) is 0 Å². The molecule has 1 heteroatoms. The monoisotopic (exact) mass is 155 g/mol. The maximum absolute atomic E-state index is 2.62. The first kappa shape index (κ1) is 9.05. The maximum atomic E-state index is 2.62. The summed E-state index contributed by atoms with van der Waals surface area (Å²) in [6.45, 7) is 11.9. The Morgan fingerprint density at radius 3 is 2.45 bits per heavy atom. The van der Waals surface area contributed by atoms with Gasteiger partial charge in [0.05, 0.1) is 0 Å². The highest BCUT2D eigenvalue weighted by Gasteiger charge is 2.29. The number of rotatable bonds is 2. The van der Waals surface area contributed by atoms with Crippen LogP contribution in [-0.4, -0.2) is 24.0 Å². The number of likely N-dealkylation sites (tertiary alicyclic amines) is 1. The van der Waals surface area contributed by atoms with E-state index in [1.165, 1.54) is 19.5 Å². The molecule has 0 saturated carbocycles. The van der Waals surface area contributed by atoms with Crippen LogP contribution in [0.4, 0.5) is 0 Å². The van der Waals surface area contributed by atoms with E-state index in [1.807, 2.05) is 0 Å². The SMILES string of the molecule is CCN1CC(C)C[C@H]1C(C)C. The Morgan fingerprint density at radius 2 is 2.09 bits per heavy atom. The molecule has 0 aliphatic carbocycles. The standard InChI is InChI=1S/C10H21N/c1-5-11-7-9(4)6-10(11)8(2)3/h8-10H,5-7H2,1-4H3/t9?,10-/m0/s1. The van der Waals surface area contributed by atoms with Crippen LogP contribution < -0.4 is 0 Å². The van der Waals surface area contributed by atoms with Crippen LogP contribution in [0.3, 0.4) is 0 Å². The lowest BCUT2D eigenvalue weighted by Crippen LogP contribution is -2.33. The lowest BCUT2D eigenvalue weighted by Gasteiger charge is -2.25. The Hall–Kier alpha value is -0.0400. The van der Waals surface area contributed by atoms with E-state index in [-0.39, 0.29) is 0 Å². The van der Waals surface area contributed by atoms with Gasteiger partial charge in [-0.25, -0.2) is 0 Å². The first-order valence-electron chi connectivity index (χ1n) is 4.89. The minimum atomic E-state index is 0.833. The predicted octanol–water partition coefficient (Wildman–Crippen LogP) is 2.37. The summed E-state index contributed by atoms with van der Waals surface area (Å²) in [6, 6.07) is 0.856. The lowest BCUT2D eigenvalue weighted by atomic mass is 9.99. The molecule has 1 aliphatic heterocycles. The van der Waals surface area contributed by atoms with Crippen LogP contribution in [0.15, 0.2) is 0 Å². The number of hydrogen-bond donors (Lipinski definition) is 0. The molecule has 1 rings (SSSR count). The molecule has 1 aliphatic rings. The summed E-state index contributed by atoms with van der Waals surface area (Å²) < 4.78 is 0. The molecular weight excluding hydrogens is 134 g/mol. The third-order valence-corrected chi connectivity index (χ3v) is 2.83. The Bertz CT molecular complexity index is 120. The lowest BCUT2D eigenvalue weighted by molar-refractivity contribution is 0.216. The molecule has 0 bridgehead atoms. The van der Waals surface area contributed by atoms with Crippen LogP contribution in [0, 0.1) is 11.8 Å². The third-order valence-electron chi connectivity index (χ3n) is 2.83. The molecule has 11 heavy (non-hydrogen) atoms. The second kappa shape index (κ2) is 3.57. The predicted molar refractivity (Wildman–Crippen MR) is 49.7 cm³/mol. The summed E-state index contributed by atoms with van der Waals surface area (Å²) >= 11 is 0. The van der Waals surface area contributed by atoms with E-state index in [4.69, 9.17) is 0 Å². The molecule has 1 fully saturated rings. The molecule has 0 amide bonds. The highest BCUT2D eigenvalue weighted by Crippen LogP contribution is 2.27. The second-order valence-corrected chi connectivity index (χ2v) is 4.24. The van der Waals surface area contributed by atoms with Gasteiger partial charge in [0.15, 0.2) is 0 Å². The van der Waals surface area contributed by atoms with Gasteiger partial charge in [0.1, 0.15) is 0 Å². The van der Waals surface area contributed by atoms with Crippen molar-refractivity contribution in [3.63, 3.8) is 0 Å². The van der Waals surface area contributed by atoms with Crippen molar-refractivity contribution >= 4 is 0 Å². The zero-order valence-electron chi connectivity index (χ0n) is 8.30. The van der Waals surface area contributed by atoms with Crippen LogP contribution in [0.5, 0.6) is 0 Å². The summed E-state index contributed by atoms with van der Waals surface area (Å²) in [5, 5.41) is 0. The van der Waals surface area contributed by atoms with E-state index < -0.39 is 0 Å². The molecule has 0 spiro atoms. The second-order valence-electron chi connectivity index (χ2n) is 4.24. The number of hydrogen-bond acceptors (Lipinski definition) is 1. The van der Waals surface area contributed by atoms with Crippen molar-refractivity contribution in [2.24, 2.45) is 11.8 Å². The van der Waals surface area contributed by atoms with Crippen molar-refractivity contribution in [3.05, 3.63) is 0 Å². The minimum Gasteiger partial charge on any atom is -0.300 e. The highest BCUT2D eigenvalue weighted by molar-refractivity contribution is 4.84. The van der Waals surface area contributed by atoms with Crippen molar-refractivity contribution in [3.8, 4) is 0 Å². The van der Waals surface area contributed by atoms with E-state index >= 15 is 0 Å².